The Morgan fingerprint density at radius 2 is 2.00 bits per heavy atom. The van der Waals surface area contributed by atoms with Crippen molar-refractivity contribution < 1.29 is 0 Å². The Kier molecular flexibility index (Phi) is 2.26. The molecule has 0 radical (unpaired) electrons. The smallest absolute Gasteiger partial charge is 0.0515 e. The maximum atomic E-state index is 3.62. The van der Waals surface area contributed by atoms with Gasteiger partial charge >= 0.3 is 0 Å². The second-order valence-electron chi connectivity index (χ2n) is 4.68. The lowest BCUT2D eigenvalue weighted by atomic mass is 10.0. The van der Waals surface area contributed by atoms with E-state index in [1.807, 2.05) is 11.8 Å². The zero-order chi connectivity index (χ0) is 10.3. The number of benzene rings is 1. The lowest BCUT2D eigenvalue weighted by Gasteiger charge is -2.34. The van der Waals surface area contributed by atoms with Gasteiger partial charge in [-0.15, -0.1) is 11.8 Å². The van der Waals surface area contributed by atoms with Crippen molar-refractivity contribution in [1.29, 1.82) is 0 Å². The summed E-state index contributed by atoms with van der Waals surface area (Å²) in [6, 6.07) is 4.44. The lowest BCUT2D eigenvalue weighted by Crippen LogP contribution is -2.36. The van der Waals surface area contributed by atoms with E-state index in [1.165, 1.54) is 21.7 Å². The topological polar surface area (TPSA) is 12.0 Å². The van der Waals surface area contributed by atoms with Gasteiger partial charge in [0.05, 0.1) is 5.69 Å². The number of fused-ring (bicyclic) bond motifs is 1. The molecular weight excluding hydrogens is 190 g/mol. The molecule has 0 unspecified atom stereocenters. The minimum atomic E-state index is 0.218. The first-order valence-corrected chi connectivity index (χ1v) is 5.99. The van der Waals surface area contributed by atoms with Gasteiger partial charge in [-0.25, -0.2) is 0 Å². The summed E-state index contributed by atoms with van der Waals surface area (Å²) in [6.07, 6.45) is 0. The Hall–Kier alpha value is -0.630. The second-order valence-corrected chi connectivity index (χ2v) is 5.70. The molecule has 2 rings (SSSR count). The Bertz CT molecular complexity index is 369. The molecule has 1 N–H and O–H groups in total. The number of hydrogen-bond acceptors (Lipinski definition) is 2. The molecule has 0 fully saturated rings. The summed E-state index contributed by atoms with van der Waals surface area (Å²) in [5.41, 5.74) is 4.32. The number of anilines is 1. The van der Waals surface area contributed by atoms with Crippen molar-refractivity contribution in [3.05, 3.63) is 23.3 Å². The molecule has 0 spiro atoms. The fraction of sp³-hybridized carbons (Fsp3) is 0.500. The highest BCUT2D eigenvalue weighted by Gasteiger charge is 2.25. The molecular formula is C12H17NS. The Morgan fingerprint density at radius 1 is 1.29 bits per heavy atom. The van der Waals surface area contributed by atoms with Crippen LogP contribution in [0, 0.1) is 13.8 Å². The minimum Gasteiger partial charge on any atom is -0.378 e. The maximum Gasteiger partial charge on any atom is 0.0515 e. The Balaban J connectivity index is 2.49. The number of nitrogens with one attached hydrogen (secondary N) is 1. The predicted octanol–water partition coefficient (Wildman–Crippen LogP) is 3.60. The minimum absolute atomic E-state index is 0.218. The Labute approximate surface area is 90.3 Å². The van der Waals surface area contributed by atoms with Crippen LogP contribution in [0.25, 0.3) is 0 Å². The third-order valence-electron chi connectivity index (χ3n) is 2.75. The summed E-state index contributed by atoms with van der Waals surface area (Å²) in [5.74, 6) is 1.14. The van der Waals surface area contributed by atoms with Gasteiger partial charge in [-0.1, -0.05) is 6.07 Å². The van der Waals surface area contributed by atoms with E-state index in [2.05, 4.69) is 45.1 Å². The van der Waals surface area contributed by atoms with Crippen molar-refractivity contribution in [3.8, 4) is 0 Å². The molecule has 14 heavy (non-hydrogen) atoms. The summed E-state index contributed by atoms with van der Waals surface area (Å²) in [5, 5.41) is 3.62. The van der Waals surface area contributed by atoms with Crippen molar-refractivity contribution in [2.24, 2.45) is 0 Å². The monoisotopic (exact) mass is 207 g/mol. The van der Waals surface area contributed by atoms with E-state index in [4.69, 9.17) is 0 Å². The largest absolute Gasteiger partial charge is 0.378 e. The van der Waals surface area contributed by atoms with Gasteiger partial charge in [-0.2, -0.15) is 0 Å². The molecule has 1 aliphatic rings. The molecule has 0 bridgehead atoms. The molecule has 0 amide bonds. The van der Waals surface area contributed by atoms with Crippen molar-refractivity contribution in [2.75, 3.05) is 11.1 Å². The third-order valence-corrected chi connectivity index (χ3v) is 4.27. The summed E-state index contributed by atoms with van der Waals surface area (Å²) >= 11 is 1.96. The normalized spacial score (nSPS) is 18.6. The van der Waals surface area contributed by atoms with E-state index in [0.717, 1.165) is 5.75 Å². The molecule has 1 heterocycles. The first-order chi connectivity index (χ1) is 6.49. The van der Waals surface area contributed by atoms with Gasteiger partial charge in [-0.05, 0) is 44.9 Å². The van der Waals surface area contributed by atoms with Crippen LogP contribution in [0.1, 0.15) is 25.0 Å². The number of hydrogen-bond donors (Lipinski definition) is 1. The molecule has 0 saturated heterocycles. The predicted molar refractivity (Wildman–Crippen MR) is 64.3 cm³/mol. The van der Waals surface area contributed by atoms with Crippen LogP contribution in [-0.4, -0.2) is 11.3 Å². The van der Waals surface area contributed by atoms with Crippen molar-refractivity contribution >= 4 is 17.4 Å². The highest BCUT2D eigenvalue weighted by atomic mass is 32.2. The summed E-state index contributed by atoms with van der Waals surface area (Å²) in [4.78, 5) is 1.40. The van der Waals surface area contributed by atoms with Crippen LogP contribution in [0.2, 0.25) is 0 Å². The maximum absolute atomic E-state index is 3.62. The van der Waals surface area contributed by atoms with E-state index in [9.17, 15) is 0 Å². The fourth-order valence-electron chi connectivity index (χ4n) is 1.70. The van der Waals surface area contributed by atoms with Crippen molar-refractivity contribution in [3.63, 3.8) is 0 Å². The van der Waals surface area contributed by atoms with Crippen molar-refractivity contribution in [2.45, 2.75) is 38.1 Å². The van der Waals surface area contributed by atoms with Crippen LogP contribution in [0.4, 0.5) is 5.69 Å². The average molecular weight is 207 g/mol. The molecule has 76 valence electrons. The van der Waals surface area contributed by atoms with Crippen LogP contribution >= 0.6 is 11.8 Å². The van der Waals surface area contributed by atoms with Crippen LogP contribution < -0.4 is 5.32 Å². The third kappa shape index (κ3) is 1.63. The van der Waals surface area contributed by atoms with E-state index >= 15 is 0 Å². The van der Waals surface area contributed by atoms with Crippen LogP contribution in [0.3, 0.4) is 0 Å². The summed E-state index contributed by atoms with van der Waals surface area (Å²) in [7, 11) is 0. The van der Waals surface area contributed by atoms with E-state index in [0.29, 0.717) is 0 Å². The average Bonchev–Trinajstić information content (AvgIpc) is 2.11. The fourth-order valence-corrected chi connectivity index (χ4v) is 2.80. The molecule has 1 nitrogen and oxygen atoms in total. The van der Waals surface area contributed by atoms with Gasteiger partial charge in [0, 0.05) is 16.2 Å². The van der Waals surface area contributed by atoms with Gasteiger partial charge in [0.15, 0.2) is 0 Å². The number of rotatable bonds is 0. The standard InChI is InChI=1S/C12H17NS/c1-8-5-6-10-11(9(8)2)13-12(3,4)7-14-10/h5-6,13H,7H2,1-4H3. The van der Waals surface area contributed by atoms with Gasteiger partial charge in [0.2, 0.25) is 0 Å². The van der Waals surface area contributed by atoms with Crippen LogP contribution in [-0.2, 0) is 0 Å². The number of thioether (sulfide) groups is 1. The molecule has 0 atom stereocenters. The first-order valence-electron chi connectivity index (χ1n) is 5.01. The second kappa shape index (κ2) is 3.20. The quantitative estimate of drug-likeness (QED) is 0.697. The van der Waals surface area contributed by atoms with E-state index < -0.39 is 0 Å². The summed E-state index contributed by atoms with van der Waals surface area (Å²) in [6.45, 7) is 8.88. The zero-order valence-corrected chi connectivity index (χ0v) is 10.1. The Morgan fingerprint density at radius 3 is 2.71 bits per heavy atom. The van der Waals surface area contributed by atoms with E-state index in [1.54, 1.807) is 0 Å². The molecule has 0 aliphatic carbocycles. The summed E-state index contributed by atoms with van der Waals surface area (Å²) < 4.78 is 0. The lowest BCUT2D eigenvalue weighted by molar-refractivity contribution is 0.636. The molecule has 1 aromatic carbocycles. The van der Waals surface area contributed by atoms with Gasteiger partial charge in [0.25, 0.3) is 0 Å². The molecule has 2 heteroatoms. The molecule has 0 saturated carbocycles. The molecule has 0 aromatic heterocycles. The van der Waals surface area contributed by atoms with Gasteiger partial charge in [0.1, 0.15) is 0 Å². The van der Waals surface area contributed by atoms with Crippen LogP contribution in [0.5, 0.6) is 0 Å². The van der Waals surface area contributed by atoms with E-state index in [-0.39, 0.29) is 5.54 Å². The zero-order valence-electron chi connectivity index (χ0n) is 9.27. The highest BCUT2D eigenvalue weighted by molar-refractivity contribution is 7.99. The van der Waals surface area contributed by atoms with Gasteiger partial charge < -0.3 is 5.32 Å². The highest BCUT2D eigenvalue weighted by Crippen LogP contribution is 2.39. The van der Waals surface area contributed by atoms with Crippen molar-refractivity contribution in [1.82, 2.24) is 0 Å². The van der Waals surface area contributed by atoms with Gasteiger partial charge in [-0.3, -0.25) is 0 Å². The van der Waals surface area contributed by atoms with Crippen LogP contribution in [0.15, 0.2) is 17.0 Å². The SMILES string of the molecule is Cc1ccc2c(c1C)NC(C)(C)CS2. The first kappa shape index (κ1) is 9.91. The molecule has 1 aromatic rings. The molecule has 1 aliphatic heterocycles. The number of aryl methyl sites for hydroxylation is 1.